The van der Waals surface area contributed by atoms with Crippen molar-refractivity contribution >= 4 is 23.6 Å². The third-order valence-corrected chi connectivity index (χ3v) is 3.63. The Balaban J connectivity index is 1.62. The van der Waals surface area contributed by atoms with Crippen molar-refractivity contribution in [2.45, 2.75) is 13.0 Å². The lowest BCUT2D eigenvalue weighted by Gasteiger charge is -2.19. The number of anilines is 1. The third kappa shape index (κ3) is 4.46. The van der Waals surface area contributed by atoms with E-state index in [1.54, 1.807) is 36.4 Å². The van der Waals surface area contributed by atoms with Gasteiger partial charge in [0, 0.05) is 17.8 Å². The molecule has 8 heteroatoms. The quantitative estimate of drug-likeness (QED) is 0.490. The van der Waals surface area contributed by atoms with Gasteiger partial charge in [-0.05, 0) is 31.2 Å². The Labute approximate surface area is 154 Å². The number of rotatable bonds is 5. The van der Waals surface area contributed by atoms with Crippen molar-refractivity contribution in [3.8, 4) is 17.6 Å². The third-order valence-electron chi connectivity index (χ3n) is 3.63. The largest absolute Gasteiger partial charge is 0.486 e. The van der Waals surface area contributed by atoms with Gasteiger partial charge < -0.3 is 23.9 Å². The molecule has 0 unspecified atom stereocenters. The first-order valence-corrected chi connectivity index (χ1v) is 8.13. The second-order valence-electron chi connectivity index (χ2n) is 5.58. The van der Waals surface area contributed by atoms with Gasteiger partial charge in [0.05, 0.1) is 6.26 Å². The van der Waals surface area contributed by atoms with E-state index >= 15 is 0 Å². The molecule has 0 radical (unpaired) electrons. The highest BCUT2D eigenvalue weighted by Gasteiger charge is 2.21. The molecule has 138 valence electrons. The minimum absolute atomic E-state index is 0.274. The summed E-state index contributed by atoms with van der Waals surface area (Å²) < 4.78 is 21.0. The van der Waals surface area contributed by atoms with Crippen LogP contribution < -0.4 is 14.8 Å². The van der Waals surface area contributed by atoms with Crippen LogP contribution in [0.4, 0.5) is 5.69 Å². The van der Waals surface area contributed by atoms with Gasteiger partial charge in [-0.15, -0.1) is 0 Å². The molecule has 0 spiro atoms. The molecule has 8 nitrogen and oxygen atoms in total. The topological polar surface area (TPSA) is 111 Å². The Kier molecular flexibility index (Phi) is 5.42. The number of hydrogen-bond acceptors (Lipinski definition) is 7. The number of furan rings is 1. The molecule has 1 aliphatic heterocycles. The van der Waals surface area contributed by atoms with Crippen molar-refractivity contribution in [1.29, 1.82) is 5.26 Å². The second-order valence-corrected chi connectivity index (χ2v) is 5.58. The number of hydrogen-bond donors (Lipinski definition) is 1. The molecule has 0 bridgehead atoms. The maximum absolute atomic E-state index is 12.3. The van der Waals surface area contributed by atoms with E-state index in [2.05, 4.69) is 5.32 Å². The maximum atomic E-state index is 12.3. The first-order chi connectivity index (χ1) is 13.1. The molecule has 2 heterocycles. The minimum Gasteiger partial charge on any atom is -0.486 e. The number of nitrogens with zero attached hydrogens (tertiary/aromatic N) is 1. The molecule has 2 aromatic rings. The average molecular weight is 368 g/mol. The molecule has 1 aliphatic rings. The zero-order chi connectivity index (χ0) is 19.2. The van der Waals surface area contributed by atoms with Crippen LogP contribution in [0.3, 0.4) is 0 Å². The number of benzene rings is 1. The van der Waals surface area contributed by atoms with Crippen molar-refractivity contribution < 1.29 is 28.2 Å². The van der Waals surface area contributed by atoms with Gasteiger partial charge >= 0.3 is 5.97 Å². The Hall–Kier alpha value is -3.73. The standard InChI is InChI=1S/C19H16N2O6/c1-12(27-19(23)13(11-20)9-15-3-2-6-24-15)18(22)21-14-4-5-16-17(10-14)26-8-7-25-16/h2-6,9-10,12H,7-8H2,1H3,(H,21,22)/b13-9+/t12-/m1/s1. The molecular formula is C19H16N2O6. The van der Waals surface area contributed by atoms with Crippen LogP contribution in [0.1, 0.15) is 12.7 Å². The fourth-order valence-electron chi connectivity index (χ4n) is 2.30. The van der Waals surface area contributed by atoms with Gasteiger partial charge in [0.2, 0.25) is 0 Å². The average Bonchev–Trinajstić information content (AvgIpc) is 3.19. The number of nitrogens with one attached hydrogen (secondary N) is 1. The van der Waals surface area contributed by atoms with E-state index < -0.39 is 18.0 Å². The molecular weight excluding hydrogens is 352 g/mol. The van der Waals surface area contributed by atoms with Crippen molar-refractivity contribution in [3.63, 3.8) is 0 Å². The predicted molar refractivity (Wildman–Crippen MR) is 93.9 cm³/mol. The zero-order valence-corrected chi connectivity index (χ0v) is 14.4. The van der Waals surface area contributed by atoms with Crippen LogP contribution in [0.15, 0.2) is 46.6 Å². The van der Waals surface area contributed by atoms with Crippen LogP contribution in [-0.4, -0.2) is 31.2 Å². The lowest BCUT2D eigenvalue weighted by atomic mass is 10.2. The van der Waals surface area contributed by atoms with Crippen LogP contribution >= 0.6 is 0 Å². The number of fused-ring (bicyclic) bond motifs is 1. The smallest absolute Gasteiger partial charge is 0.349 e. The van der Waals surface area contributed by atoms with Crippen LogP contribution in [0, 0.1) is 11.3 Å². The van der Waals surface area contributed by atoms with E-state index in [0.717, 1.165) is 0 Å². The number of amides is 1. The maximum Gasteiger partial charge on any atom is 0.349 e. The van der Waals surface area contributed by atoms with Crippen molar-refractivity contribution in [2.24, 2.45) is 0 Å². The van der Waals surface area contributed by atoms with Crippen LogP contribution in [0.2, 0.25) is 0 Å². The first-order valence-electron chi connectivity index (χ1n) is 8.13. The Bertz CT molecular complexity index is 911. The van der Waals surface area contributed by atoms with Gasteiger partial charge in [0.15, 0.2) is 17.6 Å². The fraction of sp³-hybridized carbons (Fsp3) is 0.211. The molecule has 1 aromatic heterocycles. The molecule has 1 atom stereocenters. The summed E-state index contributed by atoms with van der Waals surface area (Å²) in [6.07, 6.45) is 1.54. The molecule has 1 N–H and O–H groups in total. The Morgan fingerprint density at radius 3 is 2.74 bits per heavy atom. The summed E-state index contributed by atoms with van der Waals surface area (Å²) >= 11 is 0. The summed E-state index contributed by atoms with van der Waals surface area (Å²) in [6.45, 7) is 2.31. The summed E-state index contributed by atoms with van der Waals surface area (Å²) in [6, 6.07) is 9.89. The van der Waals surface area contributed by atoms with Crippen molar-refractivity contribution in [2.75, 3.05) is 18.5 Å². The van der Waals surface area contributed by atoms with Crippen LogP contribution in [0.5, 0.6) is 11.5 Å². The number of esters is 1. The molecule has 1 aromatic carbocycles. The summed E-state index contributed by atoms with van der Waals surface area (Å²) in [5.41, 5.74) is 0.197. The summed E-state index contributed by atoms with van der Waals surface area (Å²) in [7, 11) is 0. The fourth-order valence-corrected chi connectivity index (χ4v) is 2.30. The first kappa shape index (κ1) is 18.1. The molecule has 27 heavy (non-hydrogen) atoms. The molecule has 1 amide bonds. The highest BCUT2D eigenvalue weighted by atomic mass is 16.6. The highest BCUT2D eigenvalue weighted by molar-refractivity contribution is 6.00. The Morgan fingerprint density at radius 1 is 1.26 bits per heavy atom. The van der Waals surface area contributed by atoms with Crippen molar-refractivity contribution in [3.05, 3.63) is 47.9 Å². The van der Waals surface area contributed by atoms with E-state index in [1.807, 2.05) is 0 Å². The predicted octanol–water partition coefficient (Wildman–Crippen LogP) is 2.53. The summed E-state index contributed by atoms with van der Waals surface area (Å²) in [5, 5.41) is 11.7. The van der Waals surface area contributed by atoms with Gasteiger partial charge in [-0.2, -0.15) is 5.26 Å². The van der Waals surface area contributed by atoms with Crippen LogP contribution in [-0.2, 0) is 14.3 Å². The monoisotopic (exact) mass is 368 g/mol. The molecule has 3 rings (SSSR count). The zero-order valence-electron chi connectivity index (χ0n) is 14.4. The molecule has 0 saturated carbocycles. The van der Waals surface area contributed by atoms with E-state index in [-0.39, 0.29) is 5.57 Å². The number of carbonyl (C=O) groups excluding carboxylic acids is 2. The van der Waals surface area contributed by atoms with Gasteiger partial charge in [-0.25, -0.2) is 4.79 Å². The molecule has 0 saturated heterocycles. The van der Waals surface area contributed by atoms with Crippen molar-refractivity contribution in [1.82, 2.24) is 0 Å². The second kappa shape index (κ2) is 8.10. The number of carbonyl (C=O) groups is 2. The summed E-state index contributed by atoms with van der Waals surface area (Å²) in [4.78, 5) is 24.4. The number of nitriles is 1. The van der Waals surface area contributed by atoms with E-state index in [1.165, 1.54) is 19.3 Å². The minimum atomic E-state index is -1.11. The van der Waals surface area contributed by atoms with Gasteiger partial charge in [-0.1, -0.05) is 0 Å². The van der Waals surface area contributed by atoms with E-state index in [9.17, 15) is 9.59 Å². The molecule has 0 fully saturated rings. The number of ether oxygens (including phenoxy) is 3. The lowest BCUT2D eigenvalue weighted by Crippen LogP contribution is -2.30. The SMILES string of the molecule is C[C@@H](OC(=O)/C(C#N)=C/c1ccco1)C(=O)Nc1ccc2c(c1)OCCO2. The Morgan fingerprint density at radius 2 is 2.04 bits per heavy atom. The normalized spacial score (nSPS) is 14.0. The van der Waals surface area contributed by atoms with Crippen LogP contribution in [0.25, 0.3) is 6.08 Å². The summed E-state index contributed by atoms with van der Waals surface area (Å²) in [5.74, 6) is -0.0109. The molecule has 0 aliphatic carbocycles. The van der Waals surface area contributed by atoms with Gasteiger partial charge in [0.1, 0.15) is 30.6 Å². The lowest BCUT2D eigenvalue weighted by molar-refractivity contribution is -0.148. The van der Waals surface area contributed by atoms with E-state index in [4.69, 9.17) is 23.9 Å². The van der Waals surface area contributed by atoms with Gasteiger partial charge in [-0.3, -0.25) is 4.79 Å². The highest BCUT2D eigenvalue weighted by Crippen LogP contribution is 2.32. The van der Waals surface area contributed by atoms with E-state index in [0.29, 0.717) is 36.2 Å². The van der Waals surface area contributed by atoms with Gasteiger partial charge in [0.25, 0.3) is 5.91 Å².